The van der Waals surface area contributed by atoms with Crippen molar-refractivity contribution in [2.75, 3.05) is 17.2 Å². The van der Waals surface area contributed by atoms with Gasteiger partial charge in [0.05, 0.1) is 23.1 Å². The number of esters is 1. The molecule has 1 heterocycles. The Morgan fingerprint density at radius 1 is 1.23 bits per heavy atom. The van der Waals surface area contributed by atoms with Gasteiger partial charge in [0.15, 0.2) is 0 Å². The van der Waals surface area contributed by atoms with Crippen LogP contribution in [0.15, 0.2) is 53.4 Å². The van der Waals surface area contributed by atoms with E-state index in [1.54, 1.807) is 43.3 Å². The first-order valence-corrected chi connectivity index (χ1v) is 9.03. The molecule has 0 radical (unpaired) electrons. The minimum Gasteiger partial charge on any atom is -0.462 e. The van der Waals surface area contributed by atoms with Gasteiger partial charge < -0.3 is 10.5 Å². The summed E-state index contributed by atoms with van der Waals surface area (Å²) < 4.78 is 4.93. The second-order valence-electron chi connectivity index (χ2n) is 5.72. The van der Waals surface area contributed by atoms with Crippen LogP contribution in [0.3, 0.4) is 0 Å². The maximum absolute atomic E-state index is 12.7. The highest BCUT2D eigenvalue weighted by Crippen LogP contribution is 2.34. The van der Waals surface area contributed by atoms with Crippen LogP contribution in [0.1, 0.15) is 23.7 Å². The largest absolute Gasteiger partial charge is 0.462 e. The predicted octanol–water partition coefficient (Wildman–Crippen LogP) is 2.87. The van der Waals surface area contributed by atoms with E-state index in [1.165, 1.54) is 16.7 Å². The van der Waals surface area contributed by atoms with Crippen LogP contribution in [-0.4, -0.2) is 29.6 Å². The fourth-order valence-corrected chi connectivity index (χ4v) is 3.80. The number of hydrogen-bond donors (Lipinski definition) is 1. The summed E-state index contributed by atoms with van der Waals surface area (Å²) in [5.74, 6) is -0.972. The van der Waals surface area contributed by atoms with E-state index >= 15 is 0 Å². The Morgan fingerprint density at radius 2 is 1.96 bits per heavy atom. The summed E-state index contributed by atoms with van der Waals surface area (Å²) in [6.07, 6.45) is 0.123. The van der Waals surface area contributed by atoms with Gasteiger partial charge in [-0.05, 0) is 49.4 Å². The fraction of sp³-hybridized carbons (Fsp3) is 0.211. The van der Waals surface area contributed by atoms with E-state index in [1.807, 2.05) is 12.1 Å². The first kappa shape index (κ1) is 18.0. The standard InChI is InChI=1S/C19H18N2O4S/c1-2-25-19(24)12-6-8-14(9-7-12)21-17(22)11-16(18(21)23)26-15-5-3-4-13(20)10-15/h3-10,16H,2,11,20H2,1H3. The summed E-state index contributed by atoms with van der Waals surface area (Å²) in [4.78, 5) is 38.8. The van der Waals surface area contributed by atoms with Crippen LogP contribution in [-0.2, 0) is 14.3 Å². The van der Waals surface area contributed by atoms with Crippen molar-refractivity contribution in [2.45, 2.75) is 23.5 Å². The maximum Gasteiger partial charge on any atom is 0.338 e. The number of anilines is 2. The lowest BCUT2D eigenvalue weighted by Gasteiger charge is -2.15. The lowest BCUT2D eigenvalue weighted by atomic mass is 10.2. The number of carbonyl (C=O) groups excluding carboxylic acids is 3. The molecule has 1 fully saturated rings. The van der Waals surface area contributed by atoms with E-state index in [9.17, 15) is 14.4 Å². The number of thioether (sulfide) groups is 1. The second-order valence-corrected chi connectivity index (χ2v) is 6.99. The van der Waals surface area contributed by atoms with Gasteiger partial charge in [-0.15, -0.1) is 11.8 Å². The summed E-state index contributed by atoms with van der Waals surface area (Å²) in [5, 5.41) is -0.492. The molecule has 1 aliphatic rings. The molecule has 2 amide bonds. The van der Waals surface area contributed by atoms with Crippen LogP contribution in [0.25, 0.3) is 0 Å². The van der Waals surface area contributed by atoms with Crippen molar-refractivity contribution in [3.8, 4) is 0 Å². The zero-order valence-corrected chi connectivity index (χ0v) is 15.0. The van der Waals surface area contributed by atoms with Crippen molar-refractivity contribution in [1.82, 2.24) is 0 Å². The number of amides is 2. The molecule has 0 aromatic heterocycles. The van der Waals surface area contributed by atoms with E-state index in [4.69, 9.17) is 10.5 Å². The van der Waals surface area contributed by atoms with Gasteiger partial charge in [0.25, 0.3) is 0 Å². The molecule has 0 spiro atoms. The topological polar surface area (TPSA) is 89.7 Å². The van der Waals surface area contributed by atoms with Gasteiger partial charge in [-0.1, -0.05) is 6.07 Å². The average Bonchev–Trinajstić information content (AvgIpc) is 2.89. The highest BCUT2D eigenvalue weighted by Gasteiger charge is 2.40. The number of hydrogen-bond acceptors (Lipinski definition) is 6. The molecular weight excluding hydrogens is 352 g/mol. The third-order valence-corrected chi connectivity index (χ3v) is 5.06. The van der Waals surface area contributed by atoms with E-state index < -0.39 is 11.2 Å². The number of nitrogens with zero attached hydrogens (tertiary/aromatic N) is 1. The van der Waals surface area contributed by atoms with Crippen molar-refractivity contribution >= 4 is 40.9 Å². The number of ether oxygens (including phenoxy) is 1. The molecule has 3 rings (SSSR count). The normalized spacial score (nSPS) is 16.8. The molecule has 2 aromatic carbocycles. The second kappa shape index (κ2) is 7.61. The number of rotatable bonds is 5. The summed E-state index contributed by atoms with van der Waals surface area (Å²) in [5.41, 5.74) is 7.19. The molecule has 7 heteroatoms. The molecule has 1 unspecified atom stereocenters. The zero-order chi connectivity index (χ0) is 18.7. The Labute approximate surface area is 155 Å². The van der Waals surface area contributed by atoms with Crippen LogP contribution in [0.5, 0.6) is 0 Å². The number of nitrogen functional groups attached to an aromatic ring is 1. The fourth-order valence-electron chi connectivity index (χ4n) is 2.68. The van der Waals surface area contributed by atoms with Gasteiger partial charge in [0, 0.05) is 17.0 Å². The third-order valence-electron chi connectivity index (χ3n) is 3.88. The van der Waals surface area contributed by atoms with Crippen LogP contribution in [0.4, 0.5) is 11.4 Å². The van der Waals surface area contributed by atoms with E-state index in [0.29, 0.717) is 16.9 Å². The molecule has 6 nitrogen and oxygen atoms in total. The molecule has 26 heavy (non-hydrogen) atoms. The van der Waals surface area contributed by atoms with Crippen LogP contribution < -0.4 is 10.6 Å². The highest BCUT2D eigenvalue weighted by atomic mass is 32.2. The van der Waals surface area contributed by atoms with Crippen molar-refractivity contribution in [1.29, 1.82) is 0 Å². The van der Waals surface area contributed by atoms with E-state index in [0.717, 1.165) is 4.90 Å². The zero-order valence-electron chi connectivity index (χ0n) is 14.2. The Balaban J connectivity index is 1.75. The maximum atomic E-state index is 12.7. The number of nitrogens with two attached hydrogens (primary N) is 1. The molecule has 134 valence electrons. The summed E-state index contributed by atoms with van der Waals surface area (Å²) >= 11 is 1.32. The van der Waals surface area contributed by atoms with Crippen molar-refractivity contribution in [3.05, 3.63) is 54.1 Å². The Hall–Kier alpha value is -2.80. The summed E-state index contributed by atoms with van der Waals surface area (Å²) in [6, 6.07) is 13.5. The first-order chi connectivity index (χ1) is 12.5. The van der Waals surface area contributed by atoms with Crippen molar-refractivity contribution in [3.63, 3.8) is 0 Å². The Kier molecular flexibility index (Phi) is 5.27. The van der Waals surface area contributed by atoms with Gasteiger partial charge in [0.1, 0.15) is 0 Å². The molecule has 1 aliphatic heterocycles. The predicted molar refractivity (Wildman–Crippen MR) is 100 cm³/mol. The lowest BCUT2D eigenvalue weighted by Crippen LogP contribution is -2.31. The van der Waals surface area contributed by atoms with Crippen LogP contribution in [0.2, 0.25) is 0 Å². The van der Waals surface area contributed by atoms with Gasteiger partial charge in [-0.2, -0.15) is 0 Å². The summed E-state index contributed by atoms with van der Waals surface area (Å²) in [7, 11) is 0. The molecule has 0 bridgehead atoms. The van der Waals surface area contributed by atoms with Gasteiger partial charge in [0.2, 0.25) is 11.8 Å². The SMILES string of the molecule is CCOC(=O)c1ccc(N2C(=O)CC(Sc3cccc(N)c3)C2=O)cc1. The molecule has 2 aromatic rings. The minimum atomic E-state index is -0.492. The van der Waals surface area contributed by atoms with Crippen molar-refractivity contribution < 1.29 is 19.1 Å². The lowest BCUT2D eigenvalue weighted by molar-refractivity contribution is -0.121. The monoisotopic (exact) mass is 370 g/mol. The molecule has 0 saturated carbocycles. The average molecular weight is 370 g/mol. The smallest absolute Gasteiger partial charge is 0.338 e. The molecule has 1 saturated heterocycles. The van der Waals surface area contributed by atoms with Crippen LogP contribution in [0, 0.1) is 0 Å². The molecular formula is C19H18N2O4S. The Bertz CT molecular complexity index is 851. The number of imide groups is 1. The van der Waals surface area contributed by atoms with Crippen LogP contribution >= 0.6 is 11.8 Å². The van der Waals surface area contributed by atoms with Gasteiger partial charge in [-0.3, -0.25) is 9.59 Å². The van der Waals surface area contributed by atoms with Crippen molar-refractivity contribution in [2.24, 2.45) is 0 Å². The first-order valence-electron chi connectivity index (χ1n) is 8.15. The van der Waals surface area contributed by atoms with E-state index in [-0.39, 0.29) is 24.8 Å². The van der Waals surface area contributed by atoms with E-state index in [2.05, 4.69) is 0 Å². The minimum absolute atomic E-state index is 0.123. The third kappa shape index (κ3) is 3.72. The molecule has 0 aliphatic carbocycles. The quantitative estimate of drug-likeness (QED) is 0.494. The van der Waals surface area contributed by atoms with Gasteiger partial charge in [-0.25, -0.2) is 9.69 Å². The highest BCUT2D eigenvalue weighted by molar-refractivity contribution is 8.00. The summed E-state index contributed by atoms with van der Waals surface area (Å²) in [6.45, 7) is 2.01. The molecule has 1 atom stereocenters. The molecule has 2 N–H and O–H groups in total. The van der Waals surface area contributed by atoms with Gasteiger partial charge >= 0.3 is 5.97 Å². The number of carbonyl (C=O) groups is 3. The Morgan fingerprint density at radius 3 is 2.62 bits per heavy atom. The number of benzene rings is 2.